The lowest BCUT2D eigenvalue weighted by molar-refractivity contribution is -0.0660. The third-order valence-corrected chi connectivity index (χ3v) is 3.21. The normalized spacial score (nSPS) is 11.6. The molecule has 106 valence electrons. The fourth-order valence-electron chi connectivity index (χ4n) is 1.99. The van der Waals surface area contributed by atoms with E-state index in [0.29, 0.717) is 0 Å². The Labute approximate surface area is 117 Å². The Bertz CT molecular complexity index is 350. The molecule has 0 fully saturated rings. The van der Waals surface area contributed by atoms with Crippen molar-refractivity contribution >= 4 is 6.08 Å². The zero-order chi connectivity index (χ0) is 13.9. The van der Waals surface area contributed by atoms with Crippen molar-refractivity contribution in [1.29, 1.82) is 0 Å². The highest BCUT2D eigenvalue weighted by atomic mass is 16.7. The number of rotatable bonds is 9. The summed E-state index contributed by atoms with van der Waals surface area (Å²) in [5, 5.41) is 0. The summed E-state index contributed by atoms with van der Waals surface area (Å²) >= 11 is 0. The predicted octanol–water partition coefficient (Wildman–Crippen LogP) is 4.44. The van der Waals surface area contributed by atoms with Crippen LogP contribution in [-0.4, -0.2) is 20.5 Å². The summed E-state index contributed by atoms with van der Waals surface area (Å²) in [5.74, 6) is 0. The van der Waals surface area contributed by atoms with Crippen LogP contribution in [0.3, 0.4) is 0 Å². The molecule has 0 spiro atoms. The van der Waals surface area contributed by atoms with E-state index in [2.05, 4.69) is 31.2 Å². The van der Waals surface area contributed by atoms with Gasteiger partial charge in [0.25, 0.3) is 0 Å². The first-order chi connectivity index (χ1) is 9.30. The number of benzene rings is 1. The molecule has 1 rings (SSSR count). The van der Waals surface area contributed by atoms with Gasteiger partial charge in [-0.3, -0.25) is 0 Å². The largest absolute Gasteiger partial charge is 0.352 e. The molecule has 0 bridgehead atoms. The molecule has 0 amide bonds. The summed E-state index contributed by atoms with van der Waals surface area (Å²) < 4.78 is 10.2. The van der Waals surface area contributed by atoms with Crippen LogP contribution in [0.1, 0.15) is 43.7 Å². The van der Waals surface area contributed by atoms with Gasteiger partial charge in [0.15, 0.2) is 6.29 Å². The van der Waals surface area contributed by atoms with E-state index >= 15 is 0 Å². The van der Waals surface area contributed by atoms with Gasteiger partial charge in [0.1, 0.15) is 0 Å². The summed E-state index contributed by atoms with van der Waals surface area (Å²) in [6.07, 6.45) is 10.1. The molecule has 0 aliphatic rings. The highest BCUT2D eigenvalue weighted by molar-refractivity contribution is 5.50. The van der Waals surface area contributed by atoms with Crippen LogP contribution < -0.4 is 0 Å². The number of ether oxygens (including phenoxy) is 2. The predicted molar refractivity (Wildman–Crippen MR) is 81.1 cm³/mol. The van der Waals surface area contributed by atoms with Crippen LogP contribution in [0.2, 0.25) is 0 Å². The van der Waals surface area contributed by atoms with E-state index in [9.17, 15) is 0 Å². The minimum absolute atomic E-state index is 0.270. The van der Waals surface area contributed by atoms with Gasteiger partial charge in [-0.2, -0.15) is 0 Å². The van der Waals surface area contributed by atoms with E-state index in [0.717, 1.165) is 0 Å². The van der Waals surface area contributed by atoms with Gasteiger partial charge in [0.2, 0.25) is 0 Å². The van der Waals surface area contributed by atoms with Gasteiger partial charge in [0, 0.05) is 14.2 Å². The van der Waals surface area contributed by atoms with Crippen LogP contribution in [0.5, 0.6) is 0 Å². The summed E-state index contributed by atoms with van der Waals surface area (Å²) in [7, 11) is 3.27. The van der Waals surface area contributed by atoms with Crippen LogP contribution >= 0.6 is 0 Å². The Hall–Kier alpha value is -1.12. The standard InChI is InChI=1S/C17H26O2/c1-4-5-6-7-8-15-9-11-16(12-10-15)13-14-17(18-2)19-3/h9-14,17H,4-8H2,1-3H3/b14-13-. The van der Waals surface area contributed by atoms with Crippen LogP contribution in [0.4, 0.5) is 0 Å². The quantitative estimate of drug-likeness (QED) is 0.484. The van der Waals surface area contributed by atoms with E-state index in [1.54, 1.807) is 14.2 Å². The topological polar surface area (TPSA) is 18.5 Å². The number of unbranched alkanes of at least 4 members (excludes halogenated alkanes) is 3. The molecule has 0 aliphatic carbocycles. The minimum Gasteiger partial charge on any atom is -0.352 e. The molecular weight excluding hydrogens is 236 g/mol. The third kappa shape index (κ3) is 6.55. The Balaban J connectivity index is 2.42. The van der Waals surface area contributed by atoms with Gasteiger partial charge in [-0.15, -0.1) is 0 Å². The molecule has 0 heterocycles. The summed E-state index contributed by atoms with van der Waals surface area (Å²) in [6.45, 7) is 2.24. The van der Waals surface area contributed by atoms with Crippen molar-refractivity contribution in [3.63, 3.8) is 0 Å². The Kier molecular flexibility index (Phi) is 8.19. The molecule has 2 nitrogen and oxygen atoms in total. The van der Waals surface area contributed by atoms with Crippen LogP contribution in [0.25, 0.3) is 6.08 Å². The SMILES string of the molecule is CCCCCCc1ccc(/C=C\C(OC)OC)cc1. The highest BCUT2D eigenvalue weighted by Gasteiger charge is 1.98. The minimum atomic E-state index is -0.270. The van der Waals surface area contributed by atoms with E-state index in [1.807, 2.05) is 12.2 Å². The highest BCUT2D eigenvalue weighted by Crippen LogP contribution is 2.11. The third-order valence-electron chi connectivity index (χ3n) is 3.21. The molecule has 0 saturated carbocycles. The van der Waals surface area contributed by atoms with Crippen molar-refractivity contribution in [3.05, 3.63) is 41.5 Å². The molecule has 0 radical (unpaired) electrons. The van der Waals surface area contributed by atoms with Gasteiger partial charge >= 0.3 is 0 Å². The van der Waals surface area contributed by atoms with Crippen molar-refractivity contribution in [1.82, 2.24) is 0 Å². The van der Waals surface area contributed by atoms with Crippen molar-refractivity contribution in [2.24, 2.45) is 0 Å². The van der Waals surface area contributed by atoms with Crippen LogP contribution in [0, 0.1) is 0 Å². The molecule has 0 aromatic heterocycles. The monoisotopic (exact) mass is 262 g/mol. The summed E-state index contributed by atoms with van der Waals surface area (Å²) in [6, 6.07) is 8.71. The molecule has 2 heteroatoms. The number of aryl methyl sites for hydroxylation is 1. The number of hydrogen-bond donors (Lipinski definition) is 0. The first-order valence-corrected chi connectivity index (χ1v) is 7.13. The lowest BCUT2D eigenvalue weighted by Crippen LogP contribution is -2.08. The number of hydrogen-bond acceptors (Lipinski definition) is 2. The van der Waals surface area contributed by atoms with Gasteiger partial charge < -0.3 is 9.47 Å². The summed E-state index contributed by atoms with van der Waals surface area (Å²) in [4.78, 5) is 0. The Morgan fingerprint density at radius 1 is 1.00 bits per heavy atom. The van der Waals surface area contributed by atoms with E-state index in [-0.39, 0.29) is 6.29 Å². The van der Waals surface area contributed by atoms with E-state index < -0.39 is 0 Å². The van der Waals surface area contributed by atoms with Crippen molar-refractivity contribution < 1.29 is 9.47 Å². The van der Waals surface area contributed by atoms with Gasteiger partial charge in [-0.05, 0) is 30.0 Å². The second kappa shape index (κ2) is 9.76. The zero-order valence-electron chi connectivity index (χ0n) is 12.4. The van der Waals surface area contributed by atoms with Crippen LogP contribution in [0.15, 0.2) is 30.3 Å². The molecule has 0 saturated heterocycles. The summed E-state index contributed by atoms with van der Waals surface area (Å²) in [5.41, 5.74) is 2.60. The molecule has 1 aromatic carbocycles. The second-order valence-electron chi connectivity index (χ2n) is 4.75. The smallest absolute Gasteiger partial charge is 0.176 e. The molecule has 0 atom stereocenters. The first-order valence-electron chi connectivity index (χ1n) is 7.13. The van der Waals surface area contributed by atoms with Crippen molar-refractivity contribution in [2.45, 2.75) is 45.3 Å². The van der Waals surface area contributed by atoms with E-state index in [4.69, 9.17) is 9.47 Å². The van der Waals surface area contributed by atoms with E-state index in [1.165, 1.54) is 43.2 Å². The molecule has 0 unspecified atom stereocenters. The zero-order valence-corrected chi connectivity index (χ0v) is 12.4. The molecule has 1 aromatic rings. The fraction of sp³-hybridized carbons (Fsp3) is 0.529. The molecule has 0 N–H and O–H groups in total. The lowest BCUT2D eigenvalue weighted by Gasteiger charge is -2.07. The van der Waals surface area contributed by atoms with Crippen molar-refractivity contribution in [2.75, 3.05) is 14.2 Å². The molecule has 19 heavy (non-hydrogen) atoms. The average molecular weight is 262 g/mol. The van der Waals surface area contributed by atoms with Gasteiger partial charge in [0.05, 0.1) is 0 Å². The Morgan fingerprint density at radius 3 is 2.26 bits per heavy atom. The number of methoxy groups -OCH3 is 2. The maximum Gasteiger partial charge on any atom is 0.176 e. The molecular formula is C17H26O2. The maximum atomic E-state index is 5.11. The first kappa shape index (κ1) is 15.9. The van der Waals surface area contributed by atoms with Gasteiger partial charge in [-0.1, -0.05) is 56.5 Å². The second-order valence-corrected chi connectivity index (χ2v) is 4.75. The van der Waals surface area contributed by atoms with Crippen molar-refractivity contribution in [3.8, 4) is 0 Å². The average Bonchev–Trinajstić information content (AvgIpc) is 2.46. The lowest BCUT2D eigenvalue weighted by atomic mass is 10.0. The molecule has 0 aliphatic heterocycles. The Morgan fingerprint density at radius 2 is 1.68 bits per heavy atom. The fourth-order valence-corrected chi connectivity index (χ4v) is 1.99. The maximum absolute atomic E-state index is 5.11. The van der Waals surface area contributed by atoms with Gasteiger partial charge in [-0.25, -0.2) is 0 Å². The van der Waals surface area contributed by atoms with Crippen LogP contribution in [-0.2, 0) is 15.9 Å².